The van der Waals surface area contributed by atoms with Gasteiger partial charge in [0.2, 0.25) is 0 Å². The molecule has 1 amide bonds. The topological polar surface area (TPSA) is 104 Å². The van der Waals surface area contributed by atoms with Crippen molar-refractivity contribution >= 4 is 40.4 Å². The maximum atomic E-state index is 11.9. The highest BCUT2D eigenvalue weighted by atomic mass is 35.5. The second-order valence-electron chi connectivity index (χ2n) is 7.81. The standard InChI is InChI=1S/C24H26ClN5O2/c25-21-4-2-1-3-16(21)14-27-22-13-23(28-15-20(22)24(26)32)29-17-5-7-18(8-6-17)30-11-9-19(31)10-12-30/h1-8,13,15,19,31H,9-12,14H2,(H2,26,32)(H2,27,28,29). The van der Waals surface area contributed by atoms with Gasteiger partial charge < -0.3 is 26.4 Å². The van der Waals surface area contributed by atoms with E-state index < -0.39 is 5.91 Å². The van der Waals surface area contributed by atoms with Gasteiger partial charge in [0.1, 0.15) is 5.82 Å². The Morgan fingerprint density at radius 3 is 2.56 bits per heavy atom. The molecule has 1 fully saturated rings. The summed E-state index contributed by atoms with van der Waals surface area (Å²) in [5.74, 6) is 0.0345. The van der Waals surface area contributed by atoms with Crippen LogP contribution < -0.4 is 21.3 Å². The van der Waals surface area contributed by atoms with E-state index in [1.807, 2.05) is 48.5 Å². The van der Waals surface area contributed by atoms with Crippen LogP contribution in [0.3, 0.4) is 0 Å². The Hall–Kier alpha value is -3.29. The number of nitrogens with zero attached hydrogens (tertiary/aromatic N) is 2. The molecule has 0 aliphatic carbocycles. The Morgan fingerprint density at radius 2 is 1.88 bits per heavy atom. The summed E-state index contributed by atoms with van der Waals surface area (Å²) in [5.41, 5.74) is 9.34. The average molecular weight is 452 g/mol. The van der Waals surface area contributed by atoms with Crippen molar-refractivity contribution in [2.75, 3.05) is 28.6 Å². The van der Waals surface area contributed by atoms with Gasteiger partial charge in [0.15, 0.2) is 0 Å². The maximum absolute atomic E-state index is 11.9. The SMILES string of the molecule is NC(=O)c1cnc(Nc2ccc(N3CCC(O)CC3)cc2)cc1NCc1ccccc1Cl. The van der Waals surface area contributed by atoms with Crippen LogP contribution in [-0.2, 0) is 6.54 Å². The van der Waals surface area contributed by atoms with Crippen molar-refractivity contribution in [1.29, 1.82) is 0 Å². The molecule has 0 saturated carbocycles. The van der Waals surface area contributed by atoms with Crippen LogP contribution in [0.15, 0.2) is 60.8 Å². The van der Waals surface area contributed by atoms with E-state index in [9.17, 15) is 9.90 Å². The van der Waals surface area contributed by atoms with Gasteiger partial charge in [-0.2, -0.15) is 0 Å². The van der Waals surface area contributed by atoms with Gasteiger partial charge in [0, 0.05) is 48.3 Å². The van der Waals surface area contributed by atoms with Crippen molar-refractivity contribution in [3.05, 3.63) is 76.9 Å². The smallest absolute Gasteiger partial charge is 0.252 e. The number of pyridine rings is 1. The lowest BCUT2D eigenvalue weighted by Crippen LogP contribution is -2.35. The van der Waals surface area contributed by atoms with Gasteiger partial charge in [0.05, 0.1) is 17.4 Å². The minimum atomic E-state index is -0.554. The van der Waals surface area contributed by atoms with Crippen molar-refractivity contribution in [2.24, 2.45) is 5.73 Å². The molecule has 3 aromatic rings. The molecule has 0 radical (unpaired) electrons. The van der Waals surface area contributed by atoms with Gasteiger partial charge in [-0.15, -0.1) is 0 Å². The molecule has 1 saturated heterocycles. The quantitative estimate of drug-likeness (QED) is 0.430. The van der Waals surface area contributed by atoms with Crippen LogP contribution in [0.2, 0.25) is 5.02 Å². The van der Waals surface area contributed by atoms with Crippen LogP contribution in [0, 0.1) is 0 Å². The van der Waals surface area contributed by atoms with Crippen LogP contribution in [0.25, 0.3) is 0 Å². The number of amides is 1. The Kier molecular flexibility index (Phi) is 6.78. The van der Waals surface area contributed by atoms with Gasteiger partial charge in [-0.05, 0) is 48.7 Å². The predicted molar refractivity (Wildman–Crippen MR) is 129 cm³/mol. The van der Waals surface area contributed by atoms with Crippen LogP contribution in [0.5, 0.6) is 0 Å². The van der Waals surface area contributed by atoms with Crippen molar-refractivity contribution in [3.63, 3.8) is 0 Å². The van der Waals surface area contributed by atoms with Crippen LogP contribution in [0.1, 0.15) is 28.8 Å². The number of primary amides is 1. The number of rotatable bonds is 7. The number of carbonyl (C=O) groups excluding carboxylic acids is 1. The monoisotopic (exact) mass is 451 g/mol. The van der Waals surface area contributed by atoms with Crippen molar-refractivity contribution in [3.8, 4) is 0 Å². The van der Waals surface area contributed by atoms with E-state index in [4.69, 9.17) is 17.3 Å². The van der Waals surface area contributed by atoms with Crippen molar-refractivity contribution in [2.45, 2.75) is 25.5 Å². The molecule has 32 heavy (non-hydrogen) atoms. The van der Waals surface area contributed by atoms with Gasteiger partial charge in [-0.25, -0.2) is 4.98 Å². The highest BCUT2D eigenvalue weighted by Gasteiger charge is 2.17. The van der Waals surface area contributed by atoms with E-state index >= 15 is 0 Å². The molecular formula is C24H26ClN5O2. The van der Waals surface area contributed by atoms with Gasteiger partial charge in [-0.1, -0.05) is 29.8 Å². The first-order chi connectivity index (χ1) is 15.5. The number of halogens is 1. The molecule has 1 aliphatic heterocycles. The van der Waals surface area contributed by atoms with Gasteiger partial charge in [-0.3, -0.25) is 4.79 Å². The fourth-order valence-electron chi connectivity index (χ4n) is 3.73. The zero-order valence-electron chi connectivity index (χ0n) is 17.6. The second-order valence-corrected chi connectivity index (χ2v) is 8.22. The molecule has 4 rings (SSSR count). The Labute approximate surface area is 192 Å². The summed E-state index contributed by atoms with van der Waals surface area (Å²) in [6, 6.07) is 17.4. The summed E-state index contributed by atoms with van der Waals surface area (Å²) < 4.78 is 0. The molecule has 0 atom stereocenters. The first-order valence-electron chi connectivity index (χ1n) is 10.6. The number of nitrogens with two attached hydrogens (primary N) is 1. The molecule has 1 aliphatic rings. The first kappa shape index (κ1) is 21.9. The zero-order chi connectivity index (χ0) is 22.5. The van der Waals surface area contributed by atoms with E-state index in [1.54, 1.807) is 6.07 Å². The number of aliphatic hydroxyl groups is 1. The first-order valence-corrected chi connectivity index (χ1v) is 10.9. The van der Waals surface area contributed by atoms with E-state index in [-0.39, 0.29) is 6.10 Å². The molecular weight excluding hydrogens is 426 g/mol. The van der Waals surface area contributed by atoms with Crippen LogP contribution in [-0.4, -0.2) is 35.2 Å². The summed E-state index contributed by atoms with van der Waals surface area (Å²) >= 11 is 6.24. The summed E-state index contributed by atoms with van der Waals surface area (Å²) in [6.07, 6.45) is 2.86. The normalized spacial score (nSPS) is 14.2. The average Bonchev–Trinajstić information content (AvgIpc) is 2.79. The summed E-state index contributed by atoms with van der Waals surface area (Å²) in [5, 5.41) is 16.9. The third-order valence-electron chi connectivity index (χ3n) is 5.57. The zero-order valence-corrected chi connectivity index (χ0v) is 18.3. The van der Waals surface area contributed by atoms with E-state index in [2.05, 4.69) is 20.5 Å². The number of carbonyl (C=O) groups is 1. The lowest BCUT2D eigenvalue weighted by molar-refractivity contribution is 0.100. The summed E-state index contributed by atoms with van der Waals surface area (Å²) in [6.45, 7) is 2.15. The molecule has 5 N–H and O–H groups in total. The fraction of sp³-hybridized carbons (Fsp3) is 0.250. The molecule has 0 spiro atoms. The molecule has 2 heterocycles. The molecule has 0 unspecified atom stereocenters. The maximum Gasteiger partial charge on any atom is 0.252 e. The molecule has 7 nitrogen and oxygen atoms in total. The lowest BCUT2D eigenvalue weighted by Gasteiger charge is -2.31. The minimum Gasteiger partial charge on any atom is -0.393 e. The third-order valence-corrected chi connectivity index (χ3v) is 5.93. The van der Waals surface area contributed by atoms with E-state index in [0.717, 1.165) is 42.9 Å². The second kappa shape index (κ2) is 9.89. The van der Waals surface area contributed by atoms with Gasteiger partial charge in [0.25, 0.3) is 5.91 Å². The number of hydrogen-bond donors (Lipinski definition) is 4. The molecule has 1 aromatic heterocycles. The van der Waals surface area contributed by atoms with Gasteiger partial charge >= 0.3 is 0 Å². The fourth-order valence-corrected chi connectivity index (χ4v) is 3.93. The highest BCUT2D eigenvalue weighted by Crippen LogP contribution is 2.26. The van der Waals surface area contributed by atoms with E-state index in [1.165, 1.54) is 6.20 Å². The van der Waals surface area contributed by atoms with Crippen molar-refractivity contribution < 1.29 is 9.90 Å². The summed E-state index contributed by atoms with van der Waals surface area (Å²) in [4.78, 5) is 18.5. The van der Waals surface area contributed by atoms with E-state index in [0.29, 0.717) is 28.6 Å². The number of nitrogens with one attached hydrogen (secondary N) is 2. The van der Waals surface area contributed by atoms with Crippen molar-refractivity contribution in [1.82, 2.24) is 4.98 Å². The number of hydrogen-bond acceptors (Lipinski definition) is 6. The molecule has 2 aromatic carbocycles. The van der Waals surface area contributed by atoms with Crippen LogP contribution >= 0.6 is 11.6 Å². The Balaban J connectivity index is 1.47. The number of anilines is 4. The number of aromatic nitrogens is 1. The molecule has 8 heteroatoms. The number of piperidine rings is 1. The number of benzene rings is 2. The highest BCUT2D eigenvalue weighted by molar-refractivity contribution is 6.31. The Bertz CT molecular complexity index is 1080. The minimum absolute atomic E-state index is 0.192. The summed E-state index contributed by atoms with van der Waals surface area (Å²) in [7, 11) is 0. The lowest BCUT2D eigenvalue weighted by atomic mass is 10.1. The van der Waals surface area contributed by atoms with Crippen LogP contribution in [0.4, 0.5) is 22.9 Å². The largest absolute Gasteiger partial charge is 0.393 e. The molecule has 0 bridgehead atoms. The predicted octanol–water partition coefficient (Wildman–Crippen LogP) is 4.15. The molecule has 166 valence electrons. The Morgan fingerprint density at radius 1 is 1.16 bits per heavy atom. The number of aliphatic hydroxyl groups excluding tert-OH is 1. The third kappa shape index (κ3) is 5.30.